The van der Waals surface area contributed by atoms with Crippen molar-refractivity contribution in [2.24, 2.45) is 16.7 Å². The lowest BCUT2D eigenvalue weighted by Gasteiger charge is -2.41. The van der Waals surface area contributed by atoms with Crippen molar-refractivity contribution in [2.75, 3.05) is 13.1 Å². The number of nitrogens with zero attached hydrogens (tertiary/aromatic N) is 1. The van der Waals surface area contributed by atoms with Crippen LogP contribution in [0.3, 0.4) is 0 Å². The summed E-state index contributed by atoms with van der Waals surface area (Å²) in [4.78, 5) is 38.0. The van der Waals surface area contributed by atoms with Crippen molar-refractivity contribution in [3.8, 4) is 0 Å². The van der Waals surface area contributed by atoms with E-state index in [0.717, 1.165) is 12.8 Å². The Morgan fingerprint density at radius 1 is 1.32 bits per heavy atom. The molecule has 2 heterocycles. The average Bonchev–Trinajstić information content (AvgIpc) is 3.06. The van der Waals surface area contributed by atoms with Crippen molar-refractivity contribution < 1.29 is 19.5 Å². The van der Waals surface area contributed by atoms with Crippen molar-refractivity contribution in [1.29, 1.82) is 0 Å². The molecule has 3 N–H and O–H groups in total. The third kappa shape index (κ3) is 3.20. The van der Waals surface area contributed by atoms with Crippen LogP contribution in [0.15, 0.2) is 0 Å². The first kappa shape index (κ1) is 18.0. The summed E-state index contributed by atoms with van der Waals surface area (Å²) in [6, 6.07) is -0.468. The second-order valence-electron chi connectivity index (χ2n) is 8.94. The van der Waals surface area contributed by atoms with E-state index in [-0.39, 0.29) is 41.9 Å². The lowest BCUT2D eigenvalue weighted by molar-refractivity contribution is -0.149. The van der Waals surface area contributed by atoms with Gasteiger partial charge in [0.15, 0.2) is 0 Å². The second-order valence-corrected chi connectivity index (χ2v) is 8.94. The first-order valence-electron chi connectivity index (χ1n) is 9.22. The minimum atomic E-state index is -0.775. The molecule has 2 aliphatic heterocycles. The van der Waals surface area contributed by atoms with Gasteiger partial charge in [-0.1, -0.05) is 27.2 Å². The number of aliphatic carboxylic acids is 1. The van der Waals surface area contributed by atoms with E-state index >= 15 is 0 Å². The molecule has 2 saturated heterocycles. The fourth-order valence-corrected chi connectivity index (χ4v) is 4.82. The molecule has 0 aromatic rings. The van der Waals surface area contributed by atoms with Crippen molar-refractivity contribution in [2.45, 2.75) is 65.0 Å². The topological polar surface area (TPSA) is 98.7 Å². The van der Waals surface area contributed by atoms with Crippen LogP contribution >= 0.6 is 0 Å². The number of hydrogen-bond acceptors (Lipinski definition) is 3. The van der Waals surface area contributed by atoms with E-state index in [1.54, 1.807) is 4.90 Å². The summed E-state index contributed by atoms with van der Waals surface area (Å²) in [6.07, 6.45) is 3.47. The van der Waals surface area contributed by atoms with E-state index in [1.165, 1.54) is 0 Å². The van der Waals surface area contributed by atoms with Gasteiger partial charge in [0.25, 0.3) is 0 Å². The summed E-state index contributed by atoms with van der Waals surface area (Å²) in [7, 11) is 0. The molecule has 3 rings (SSSR count). The number of carboxylic acids is 1. The highest BCUT2D eigenvalue weighted by molar-refractivity contribution is 5.81. The summed E-state index contributed by atoms with van der Waals surface area (Å²) in [6.45, 7) is 6.93. The maximum absolute atomic E-state index is 12.8. The van der Waals surface area contributed by atoms with Crippen LogP contribution in [0, 0.1) is 16.7 Å². The Morgan fingerprint density at radius 2 is 2.04 bits per heavy atom. The predicted octanol–water partition coefficient (Wildman–Crippen LogP) is 1.58. The number of carboxylic acid groups (broad SMARTS) is 1. The average molecular weight is 351 g/mol. The van der Waals surface area contributed by atoms with Crippen molar-refractivity contribution in [1.82, 2.24) is 15.5 Å². The van der Waals surface area contributed by atoms with Gasteiger partial charge >= 0.3 is 12.0 Å². The van der Waals surface area contributed by atoms with Crippen LogP contribution in [0.25, 0.3) is 0 Å². The van der Waals surface area contributed by atoms with Crippen LogP contribution in [0.1, 0.15) is 52.9 Å². The SMILES string of the molecule is CC(C)(C)[C@@H]1NC(=O)CC[C@H]1NC(=O)N1C[C@@H]2CCC[C@@]2(C(=O)O)C1. The molecule has 0 aromatic carbocycles. The van der Waals surface area contributed by atoms with E-state index in [4.69, 9.17) is 0 Å². The third-order valence-electron chi connectivity index (χ3n) is 6.23. The zero-order valence-electron chi connectivity index (χ0n) is 15.3. The molecular formula is C18H29N3O4. The first-order chi connectivity index (χ1) is 11.6. The van der Waals surface area contributed by atoms with Gasteiger partial charge in [-0.3, -0.25) is 9.59 Å². The number of amides is 3. The van der Waals surface area contributed by atoms with Crippen molar-refractivity contribution >= 4 is 17.9 Å². The summed E-state index contributed by atoms with van der Waals surface area (Å²) in [5, 5.41) is 15.7. The number of carbonyl (C=O) groups excluding carboxylic acids is 2. The molecule has 3 fully saturated rings. The third-order valence-corrected chi connectivity index (χ3v) is 6.23. The predicted molar refractivity (Wildman–Crippen MR) is 91.9 cm³/mol. The number of urea groups is 1. The van der Waals surface area contributed by atoms with Gasteiger partial charge in [-0.15, -0.1) is 0 Å². The highest BCUT2D eigenvalue weighted by atomic mass is 16.4. The Bertz CT molecular complexity index is 585. The maximum Gasteiger partial charge on any atom is 0.317 e. The van der Waals surface area contributed by atoms with E-state index in [9.17, 15) is 19.5 Å². The molecule has 140 valence electrons. The summed E-state index contributed by atoms with van der Waals surface area (Å²) >= 11 is 0. The molecule has 25 heavy (non-hydrogen) atoms. The molecule has 4 atom stereocenters. The van der Waals surface area contributed by atoms with Crippen LogP contribution in [0.4, 0.5) is 4.79 Å². The van der Waals surface area contributed by atoms with Gasteiger partial charge in [0.05, 0.1) is 17.5 Å². The minimum Gasteiger partial charge on any atom is -0.481 e. The Kier molecular flexibility index (Phi) is 4.45. The smallest absolute Gasteiger partial charge is 0.317 e. The molecule has 0 spiro atoms. The standard InChI is InChI=1S/C18H29N3O4/c1-17(2,3)14-12(6-7-13(22)20-14)19-16(25)21-9-11-5-4-8-18(11,10-21)15(23)24/h11-12,14H,4-10H2,1-3H3,(H,19,25)(H,20,22)(H,23,24)/t11-,12+,14+,18+/m0/s1. The van der Waals surface area contributed by atoms with Crippen molar-refractivity contribution in [3.05, 3.63) is 0 Å². The minimum absolute atomic E-state index is 0.0194. The molecule has 7 nitrogen and oxygen atoms in total. The van der Waals surface area contributed by atoms with E-state index in [2.05, 4.69) is 10.6 Å². The summed E-state index contributed by atoms with van der Waals surface area (Å²) in [5.41, 5.74) is -0.931. The zero-order chi connectivity index (χ0) is 18.4. The monoisotopic (exact) mass is 351 g/mol. The lowest BCUT2D eigenvalue weighted by atomic mass is 9.79. The molecular weight excluding hydrogens is 322 g/mol. The van der Waals surface area contributed by atoms with Crippen LogP contribution in [0.5, 0.6) is 0 Å². The largest absolute Gasteiger partial charge is 0.481 e. The van der Waals surface area contributed by atoms with Gasteiger partial charge in [0, 0.05) is 19.5 Å². The number of likely N-dealkylation sites (tertiary alicyclic amines) is 1. The Balaban J connectivity index is 1.68. The summed E-state index contributed by atoms with van der Waals surface area (Å²) in [5.74, 6) is -0.700. The quantitative estimate of drug-likeness (QED) is 0.703. The van der Waals surface area contributed by atoms with Gasteiger partial charge in [-0.05, 0) is 30.6 Å². The van der Waals surface area contributed by atoms with Crippen molar-refractivity contribution in [3.63, 3.8) is 0 Å². The number of rotatable bonds is 2. The van der Waals surface area contributed by atoms with Crippen LogP contribution in [-0.2, 0) is 9.59 Å². The first-order valence-corrected chi connectivity index (χ1v) is 9.22. The van der Waals surface area contributed by atoms with Gasteiger partial charge in [-0.2, -0.15) is 0 Å². The lowest BCUT2D eigenvalue weighted by Crippen LogP contribution is -2.61. The number of hydrogen-bond donors (Lipinski definition) is 3. The molecule has 0 radical (unpaired) electrons. The van der Waals surface area contributed by atoms with Crippen LogP contribution in [-0.4, -0.2) is 53.1 Å². The van der Waals surface area contributed by atoms with Gasteiger partial charge < -0.3 is 20.6 Å². The normalized spacial score (nSPS) is 35.2. The molecule has 0 unspecified atom stereocenters. The molecule has 0 aromatic heterocycles. The number of piperidine rings is 1. The van der Waals surface area contributed by atoms with E-state index < -0.39 is 11.4 Å². The van der Waals surface area contributed by atoms with Gasteiger partial charge in [-0.25, -0.2) is 4.79 Å². The Labute approximate surface area is 148 Å². The highest BCUT2D eigenvalue weighted by Gasteiger charge is 2.56. The number of carbonyl (C=O) groups is 3. The Morgan fingerprint density at radius 3 is 2.64 bits per heavy atom. The van der Waals surface area contributed by atoms with E-state index in [0.29, 0.717) is 25.8 Å². The van der Waals surface area contributed by atoms with Gasteiger partial charge in [0.2, 0.25) is 5.91 Å². The number of nitrogens with one attached hydrogen (secondary N) is 2. The van der Waals surface area contributed by atoms with Crippen LogP contribution < -0.4 is 10.6 Å². The maximum atomic E-state index is 12.8. The summed E-state index contributed by atoms with van der Waals surface area (Å²) < 4.78 is 0. The zero-order valence-corrected chi connectivity index (χ0v) is 15.3. The number of fused-ring (bicyclic) bond motifs is 1. The fourth-order valence-electron chi connectivity index (χ4n) is 4.82. The van der Waals surface area contributed by atoms with Crippen LogP contribution in [0.2, 0.25) is 0 Å². The molecule has 7 heteroatoms. The Hall–Kier alpha value is -1.79. The van der Waals surface area contributed by atoms with Gasteiger partial charge in [0.1, 0.15) is 0 Å². The molecule has 1 saturated carbocycles. The van der Waals surface area contributed by atoms with E-state index in [1.807, 2.05) is 20.8 Å². The second kappa shape index (κ2) is 6.18. The molecule has 0 bridgehead atoms. The fraction of sp³-hybridized carbons (Fsp3) is 0.833. The molecule has 1 aliphatic carbocycles. The molecule has 3 aliphatic rings. The highest BCUT2D eigenvalue weighted by Crippen LogP contribution is 2.48. The molecule has 3 amide bonds.